The van der Waals surface area contributed by atoms with Gasteiger partial charge in [0, 0.05) is 12.1 Å². The maximum absolute atomic E-state index is 11.6. The molecule has 1 heterocycles. The van der Waals surface area contributed by atoms with Crippen LogP contribution in [0.2, 0.25) is 0 Å². The Kier molecular flexibility index (Phi) is 4.34. The molecule has 0 aromatic rings. The van der Waals surface area contributed by atoms with Crippen LogP contribution in [0.15, 0.2) is 0 Å². The van der Waals surface area contributed by atoms with Gasteiger partial charge in [0.15, 0.2) is 0 Å². The summed E-state index contributed by atoms with van der Waals surface area (Å²) in [6.45, 7) is 3.44. The zero-order valence-electron chi connectivity index (χ0n) is 12.8. The van der Waals surface area contributed by atoms with Crippen molar-refractivity contribution in [2.24, 2.45) is 17.8 Å². The SMILES string of the molecule is CC1CCC(C(=O)O)C(N2CCC[C@H]3CCCC[C@H]32)C1. The van der Waals surface area contributed by atoms with E-state index in [9.17, 15) is 9.90 Å². The summed E-state index contributed by atoms with van der Waals surface area (Å²) in [7, 11) is 0. The number of likely N-dealkylation sites (tertiary alicyclic amines) is 1. The Morgan fingerprint density at radius 1 is 1.00 bits per heavy atom. The van der Waals surface area contributed by atoms with E-state index >= 15 is 0 Å². The average Bonchev–Trinajstić information content (AvgIpc) is 2.46. The van der Waals surface area contributed by atoms with Gasteiger partial charge in [-0.2, -0.15) is 0 Å². The van der Waals surface area contributed by atoms with Crippen LogP contribution in [-0.2, 0) is 4.79 Å². The molecule has 2 aliphatic carbocycles. The minimum atomic E-state index is -0.556. The third kappa shape index (κ3) is 2.74. The first kappa shape index (κ1) is 14.4. The summed E-state index contributed by atoms with van der Waals surface area (Å²) >= 11 is 0. The quantitative estimate of drug-likeness (QED) is 0.840. The third-order valence-corrected chi connectivity index (χ3v) is 6.11. The molecule has 0 aromatic carbocycles. The van der Waals surface area contributed by atoms with E-state index < -0.39 is 5.97 Å². The Bertz CT molecular complexity index is 355. The first-order valence-corrected chi connectivity index (χ1v) is 8.65. The summed E-state index contributed by atoms with van der Waals surface area (Å²) in [5.74, 6) is 0.871. The Hall–Kier alpha value is -0.570. The van der Waals surface area contributed by atoms with Gasteiger partial charge in [-0.1, -0.05) is 19.8 Å². The minimum absolute atomic E-state index is 0.119. The van der Waals surface area contributed by atoms with E-state index in [0.717, 1.165) is 31.7 Å². The van der Waals surface area contributed by atoms with E-state index in [1.807, 2.05) is 0 Å². The fraction of sp³-hybridized carbons (Fsp3) is 0.941. The minimum Gasteiger partial charge on any atom is -0.481 e. The van der Waals surface area contributed by atoms with Gasteiger partial charge in [-0.05, 0) is 63.3 Å². The molecule has 3 fully saturated rings. The van der Waals surface area contributed by atoms with Gasteiger partial charge < -0.3 is 5.11 Å². The van der Waals surface area contributed by atoms with Gasteiger partial charge in [0.2, 0.25) is 0 Å². The lowest BCUT2D eigenvalue weighted by Gasteiger charge is -2.50. The Morgan fingerprint density at radius 2 is 1.75 bits per heavy atom. The van der Waals surface area contributed by atoms with E-state index in [4.69, 9.17) is 0 Å². The largest absolute Gasteiger partial charge is 0.481 e. The number of nitrogens with zero attached hydrogens (tertiary/aromatic N) is 1. The lowest BCUT2D eigenvalue weighted by molar-refractivity contribution is -0.148. The molecule has 3 aliphatic rings. The van der Waals surface area contributed by atoms with Crippen LogP contribution in [0, 0.1) is 17.8 Å². The summed E-state index contributed by atoms with van der Waals surface area (Å²) in [6, 6.07) is 0.997. The second-order valence-corrected chi connectivity index (χ2v) is 7.42. The van der Waals surface area contributed by atoms with Gasteiger partial charge in [-0.3, -0.25) is 9.69 Å². The topological polar surface area (TPSA) is 40.5 Å². The molecule has 3 nitrogen and oxygen atoms in total. The van der Waals surface area contributed by atoms with Crippen LogP contribution in [0.25, 0.3) is 0 Å². The highest BCUT2D eigenvalue weighted by molar-refractivity contribution is 5.71. The molecule has 20 heavy (non-hydrogen) atoms. The zero-order valence-corrected chi connectivity index (χ0v) is 12.8. The van der Waals surface area contributed by atoms with Gasteiger partial charge in [-0.25, -0.2) is 0 Å². The lowest BCUT2D eigenvalue weighted by Crippen LogP contribution is -2.56. The van der Waals surface area contributed by atoms with Crippen molar-refractivity contribution < 1.29 is 9.90 Å². The number of hydrogen-bond donors (Lipinski definition) is 1. The van der Waals surface area contributed by atoms with Crippen molar-refractivity contribution in [2.45, 2.75) is 76.8 Å². The molecule has 0 spiro atoms. The highest BCUT2D eigenvalue weighted by Gasteiger charge is 2.43. The molecule has 1 aliphatic heterocycles. The molecule has 3 heteroatoms. The number of rotatable bonds is 2. The number of hydrogen-bond acceptors (Lipinski definition) is 2. The molecular weight excluding hydrogens is 250 g/mol. The maximum Gasteiger partial charge on any atom is 0.308 e. The van der Waals surface area contributed by atoms with Crippen molar-refractivity contribution in [3.8, 4) is 0 Å². The summed E-state index contributed by atoms with van der Waals surface area (Å²) in [4.78, 5) is 14.3. The molecule has 0 aromatic heterocycles. The molecule has 0 radical (unpaired) electrons. The molecule has 5 atom stereocenters. The Labute approximate surface area is 122 Å². The fourth-order valence-corrected chi connectivity index (χ4v) is 5.08. The second-order valence-electron chi connectivity index (χ2n) is 7.42. The van der Waals surface area contributed by atoms with Crippen LogP contribution < -0.4 is 0 Å². The second kappa shape index (κ2) is 6.05. The highest BCUT2D eigenvalue weighted by atomic mass is 16.4. The van der Waals surface area contributed by atoms with E-state index in [2.05, 4.69) is 11.8 Å². The van der Waals surface area contributed by atoms with Gasteiger partial charge >= 0.3 is 5.97 Å². The first-order valence-electron chi connectivity index (χ1n) is 8.65. The van der Waals surface area contributed by atoms with E-state index in [0.29, 0.717) is 18.0 Å². The standard InChI is InChI=1S/C17H29NO2/c1-12-8-9-14(17(19)20)16(11-12)18-10-4-6-13-5-2-3-7-15(13)18/h12-16H,2-11H2,1H3,(H,19,20)/t12?,13-,14?,15-,16?/m1/s1. The molecule has 1 saturated heterocycles. The van der Waals surface area contributed by atoms with Crippen molar-refractivity contribution >= 4 is 5.97 Å². The smallest absolute Gasteiger partial charge is 0.308 e. The van der Waals surface area contributed by atoms with Crippen molar-refractivity contribution in [3.05, 3.63) is 0 Å². The predicted molar refractivity (Wildman–Crippen MR) is 79.6 cm³/mol. The number of fused-ring (bicyclic) bond motifs is 1. The monoisotopic (exact) mass is 279 g/mol. The Morgan fingerprint density at radius 3 is 2.55 bits per heavy atom. The van der Waals surface area contributed by atoms with Gasteiger partial charge in [-0.15, -0.1) is 0 Å². The summed E-state index contributed by atoms with van der Waals surface area (Å²) < 4.78 is 0. The average molecular weight is 279 g/mol. The fourth-order valence-electron chi connectivity index (χ4n) is 5.08. The zero-order chi connectivity index (χ0) is 14.1. The Balaban J connectivity index is 1.78. The molecule has 1 N–H and O–H groups in total. The highest BCUT2D eigenvalue weighted by Crippen LogP contribution is 2.41. The normalized spacial score (nSPS) is 43.0. The van der Waals surface area contributed by atoms with Crippen molar-refractivity contribution in [3.63, 3.8) is 0 Å². The van der Waals surface area contributed by atoms with Crippen molar-refractivity contribution in [1.29, 1.82) is 0 Å². The van der Waals surface area contributed by atoms with E-state index in [-0.39, 0.29) is 5.92 Å². The van der Waals surface area contributed by atoms with Crippen molar-refractivity contribution in [2.75, 3.05) is 6.54 Å². The molecule has 2 saturated carbocycles. The number of carbonyl (C=O) groups is 1. The maximum atomic E-state index is 11.6. The van der Waals surface area contributed by atoms with Crippen LogP contribution in [0.1, 0.15) is 64.7 Å². The molecule has 0 bridgehead atoms. The summed E-state index contributed by atoms with van der Waals surface area (Å²) in [5.41, 5.74) is 0. The van der Waals surface area contributed by atoms with Crippen LogP contribution >= 0.6 is 0 Å². The molecular formula is C17H29NO2. The molecule has 114 valence electrons. The molecule has 3 rings (SSSR count). The van der Waals surface area contributed by atoms with E-state index in [1.54, 1.807) is 0 Å². The number of aliphatic carboxylic acids is 1. The molecule has 0 amide bonds. The third-order valence-electron chi connectivity index (χ3n) is 6.11. The predicted octanol–water partition coefficient (Wildman–Crippen LogP) is 3.53. The van der Waals surface area contributed by atoms with Gasteiger partial charge in [0.25, 0.3) is 0 Å². The van der Waals surface area contributed by atoms with E-state index in [1.165, 1.54) is 38.5 Å². The number of carboxylic acids is 1. The number of carboxylic acid groups (broad SMARTS) is 1. The summed E-state index contributed by atoms with van der Waals surface area (Å²) in [5, 5.41) is 9.59. The lowest BCUT2D eigenvalue weighted by atomic mass is 9.73. The van der Waals surface area contributed by atoms with Crippen LogP contribution in [-0.4, -0.2) is 34.6 Å². The van der Waals surface area contributed by atoms with Gasteiger partial charge in [0.05, 0.1) is 5.92 Å². The summed E-state index contributed by atoms with van der Waals surface area (Å²) in [6.07, 6.45) is 11.1. The van der Waals surface area contributed by atoms with Crippen LogP contribution in [0.3, 0.4) is 0 Å². The number of piperidine rings is 1. The van der Waals surface area contributed by atoms with Crippen molar-refractivity contribution in [1.82, 2.24) is 4.90 Å². The van der Waals surface area contributed by atoms with Crippen LogP contribution in [0.5, 0.6) is 0 Å². The van der Waals surface area contributed by atoms with Crippen LogP contribution in [0.4, 0.5) is 0 Å². The molecule has 3 unspecified atom stereocenters. The van der Waals surface area contributed by atoms with Gasteiger partial charge in [0.1, 0.15) is 0 Å². The first-order chi connectivity index (χ1) is 9.66.